The average Bonchev–Trinajstić information content (AvgIpc) is 2.92. The molecule has 3 rings (SSSR count). The molecule has 0 saturated carbocycles. The van der Waals surface area contributed by atoms with Crippen LogP contribution in [-0.4, -0.2) is 22.6 Å². The van der Waals surface area contributed by atoms with Crippen molar-refractivity contribution in [2.24, 2.45) is 0 Å². The maximum atomic E-state index is 12.7. The van der Waals surface area contributed by atoms with Crippen LogP contribution in [-0.2, 0) is 10.5 Å². The van der Waals surface area contributed by atoms with Crippen LogP contribution in [0.2, 0.25) is 5.02 Å². The molecule has 26 heavy (non-hydrogen) atoms. The van der Waals surface area contributed by atoms with E-state index in [1.165, 1.54) is 5.01 Å². The van der Waals surface area contributed by atoms with Crippen molar-refractivity contribution in [1.29, 1.82) is 0 Å². The third kappa shape index (κ3) is 3.54. The van der Waals surface area contributed by atoms with Gasteiger partial charge in [-0.2, -0.15) is 0 Å². The molecule has 1 heterocycles. The zero-order valence-electron chi connectivity index (χ0n) is 14.8. The molecule has 1 aliphatic heterocycles. The summed E-state index contributed by atoms with van der Waals surface area (Å²) in [5, 5.41) is 12.8. The van der Waals surface area contributed by atoms with Gasteiger partial charge in [0.05, 0.1) is 0 Å². The second-order valence-electron chi connectivity index (χ2n) is 6.48. The summed E-state index contributed by atoms with van der Waals surface area (Å²) in [6.45, 7) is 7.62. The van der Waals surface area contributed by atoms with Crippen LogP contribution in [0, 0.1) is 13.8 Å². The van der Waals surface area contributed by atoms with Gasteiger partial charge in [-0.05, 0) is 49.2 Å². The van der Waals surface area contributed by atoms with Crippen molar-refractivity contribution in [3.63, 3.8) is 0 Å². The number of rotatable bonds is 4. The molecule has 2 aromatic rings. The van der Waals surface area contributed by atoms with Gasteiger partial charge in [0.2, 0.25) is 0 Å². The van der Waals surface area contributed by atoms with E-state index in [1.54, 1.807) is 24.3 Å². The Morgan fingerprint density at radius 3 is 2.62 bits per heavy atom. The van der Waals surface area contributed by atoms with Gasteiger partial charge in [0.25, 0.3) is 5.91 Å². The van der Waals surface area contributed by atoms with Crippen molar-refractivity contribution in [1.82, 2.24) is 10.4 Å². The van der Waals surface area contributed by atoms with Crippen molar-refractivity contribution in [3.8, 4) is 5.75 Å². The van der Waals surface area contributed by atoms with Gasteiger partial charge in [-0.1, -0.05) is 36.4 Å². The molecule has 0 aliphatic carbocycles. The fourth-order valence-corrected chi connectivity index (χ4v) is 3.02. The van der Waals surface area contributed by atoms with Gasteiger partial charge < -0.3 is 9.84 Å². The number of nitrogens with zero attached hydrogens (tertiary/aromatic N) is 1. The summed E-state index contributed by atoms with van der Waals surface area (Å²) in [6, 6.07) is 12.4. The summed E-state index contributed by atoms with van der Waals surface area (Å²) in [6.07, 6.45) is 0.185. The molecule has 1 fully saturated rings. The molecule has 6 heteroatoms. The lowest BCUT2D eigenvalue weighted by atomic mass is 9.99. The minimum absolute atomic E-state index is 0.185. The highest BCUT2D eigenvalue weighted by Gasteiger charge is 2.45. The monoisotopic (exact) mass is 372 g/mol. The van der Waals surface area contributed by atoms with Crippen LogP contribution in [0.25, 0.3) is 0 Å². The molecule has 2 aromatic carbocycles. The second kappa shape index (κ2) is 7.02. The number of aryl methyl sites for hydroxylation is 2. The van der Waals surface area contributed by atoms with E-state index in [1.807, 2.05) is 32.0 Å². The first-order valence-corrected chi connectivity index (χ1v) is 8.63. The standard InChI is InChI=1S/C20H21ClN2O3/c1-13-4-9-18(10-14(13)2)26-12-19(24)23-20(25,11-15(3)22-23)16-5-7-17(21)8-6-16/h4-10,22,25H,3,11-12H2,1-2H3/t20-/m0/s1. The van der Waals surface area contributed by atoms with Gasteiger partial charge in [-0.25, -0.2) is 5.01 Å². The summed E-state index contributed by atoms with van der Waals surface area (Å²) < 4.78 is 5.61. The molecule has 1 aliphatic rings. The van der Waals surface area contributed by atoms with Crippen LogP contribution >= 0.6 is 11.6 Å². The van der Waals surface area contributed by atoms with E-state index >= 15 is 0 Å². The molecule has 1 atom stereocenters. The molecule has 1 saturated heterocycles. The number of aliphatic hydroxyl groups is 1. The Labute approximate surface area is 157 Å². The normalized spacial score (nSPS) is 19.4. The summed E-state index contributed by atoms with van der Waals surface area (Å²) in [5.74, 6) is 0.203. The molecule has 0 radical (unpaired) electrons. The fourth-order valence-electron chi connectivity index (χ4n) is 2.90. The van der Waals surface area contributed by atoms with Crippen LogP contribution in [0.3, 0.4) is 0 Å². The van der Waals surface area contributed by atoms with E-state index in [-0.39, 0.29) is 13.0 Å². The first-order chi connectivity index (χ1) is 12.3. The predicted molar refractivity (Wildman–Crippen MR) is 100 cm³/mol. The van der Waals surface area contributed by atoms with Crippen LogP contribution in [0.4, 0.5) is 0 Å². The van der Waals surface area contributed by atoms with E-state index < -0.39 is 11.6 Å². The van der Waals surface area contributed by atoms with Crippen LogP contribution < -0.4 is 10.2 Å². The lowest BCUT2D eigenvalue weighted by Gasteiger charge is -2.32. The predicted octanol–water partition coefficient (Wildman–Crippen LogP) is 3.43. The van der Waals surface area contributed by atoms with Crippen molar-refractivity contribution >= 4 is 17.5 Å². The Hall–Kier alpha value is -2.50. The summed E-state index contributed by atoms with van der Waals surface area (Å²) in [5.41, 5.74) is 4.63. The second-order valence-corrected chi connectivity index (χ2v) is 6.92. The molecule has 1 amide bonds. The first-order valence-electron chi connectivity index (χ1n) is 8.25. The highest BCUT2D eigenvalue weighted by Crippen LogP contribution is 2.36. The van der Waals surface area contributed by atoms with Crippen molar-refractivity contribution in [2.45, 2.75) is 26.0 Å². The van der Waals surface area contributed by atoms with Crippen molar-refractivity contribution < 1.29 is 14.6 Å². The number of hydrazine groups is 1. The number of amides is 1. The summed E-state index contributed by atoms with van der Waals surface area (Å²) in [7, 11) is 0. The maximum Gasteiger partial charge on any atom is 0.281 e. The Bertz CT molecular complexity index is 851. The number of carbonyl (C=O) groups excluding carboxylic acids is 1. The molecule has 5 nitrogen and oxygen atoms in total. The number of ether oxygens (including phenoxy) is 1. The van der Waals surface area contributed by atoms with Gasteiger partial charge in [0, 0.05) is 22.7 Å². The summed E-state index contributed by atoms with van der Waals surface area (Å²) >= 11 is 5.92. The third-order valence-electron chi connectivity index (χ3n) is 4.50. The highest BCUT2D eigenvalue weighted by atomic mass is 35.5. The Kier molecular flexibility index (Phi) is 4.94. The van der Waals surface area contributed by atoms with E-state index in [0.717, 1.165) is 11.1 Å². The average molecular weight is 373 g/mol. The van der Waals surface area contributed by atoms with Gasteiger partial charge in [0.1, 0.15) is 5.75 Å². The minimum Gasteiger partial charge on any atom is -0.484 e. The number of hydrogen-bond acceptors (Lipinski definition) is 4. The topological polar surface area (TPSA) is 61.8 Å². The number of benzene rings is 2. The Morgan fingerprint density at radius 1 is 1.27 bits per heavy atom. The van der Waals surface area contributed by atoms with E-state index in [2.05, 4.69) is 12.0 Å². The van der Waals surface area contributed by atoms with Crippen molar-refractivity contribution in [3.05, 3.63) is 76.5 Å². The van der Waals surface area contributed by atoms with Gasteiger partial charge in [-0.15, -0.1) is 0 Å². The molecule has 0 spiro atoms. The van der Waals surface area contributed by atoms with Gasteiger partial charge >= 0.3 is 0 Å². The number of halogens is 1. The van der Waals surface area contributed by atoms with E-state index in [9.17, 15) is 9.90 Å². The maximum absolute atomic E-state index is 12.7. The van der Waals surface area contributed by atoms with Crippen LogP contribution in [0.5, 0.6) is 5.75 Å². The molecule has 0 aromatic heterocycles. The van der Waals surface area contributed by atoms with E-state index in [4.69, 9.17) is 16.3 Å². The van der Waals surface area contributed by atoms with Crippen LogP contribution in [0.15, 0.2) is 54.7 Å². The number of nitrogens with one attached hydrogen (secondary N) is 1. The van der Waals surface area contributed by atoms with Crippen molar-refractivity contribution in [2.75, 3.05) is 6.61 Å². The molecule has 0 unspecified atom stereocenters. The number of hydrogen-bond donors (Lipinski definition) is 2. The molecule has 2 N–H and O–H groups in total. The highest BCUT2D eigenvalue weighted by molar-refractivity contribution is 6.30. The zero-order chi connectivity index (χ0) is 18.9. The minimum atomic E-state index is -1.54. The smallest absolute Gasteiger partial charge is 0.281 e. The zero-order valence-corrected chi connectivity index (χ0v) is 15.5. The lowest BCUT2D eigenvalue weighted by Crippen LogP contribution is -2.51. The lowest BCUT2D eigenvalue weighted by molar-refractivity contribution is -0.163. The fraction of sp³-hybridized carbons (Fsp3) is 0.250. The summed E-state index contributed by atoms with van der Waals surface area (Å²) in [4.78, 5) is 12.7. The largest absolute Gasteiger partial charge is 0.484 e. The SMILES string of the molecule is C=C1C[C@](O)(c2ccc(Cl)cc2)N(C(=O)COc2ccc(C)c(C)c2)N1. The Morgan fingerprint density at radius 2 is 1.96 bits per heavy atom. The first kappa shape index (κ1) is 18.3. The molecular weight excluding hydrogens is 352 g/mol. The third-order valence-corrected chi connectivity index (χ3v) is 4.75. The Balaban J connectivity index is 1.77. The molecule has 136 valence electrons. The number of carbonyl (C=O) groups is 1. The quantitative estimate of drug-likeness (QED) is 0.863. The molecule has 0 bridgehead atoms. The van der Waals surface area contributed by atoms with Gasteiger partial charge in [-0.3, -0.25) is 10.2 Å². The van der Waals surface area contributed by atoms with Gasteiger partial charge in [0.15, 0.2) is 12.3 Å². The molecular formula is C20H21ClN2O3. The van der Waals surface area contributed by atoms with E-state index in [0.29, 0.717) is 22.0 Å². The van der Waals surface area contributed by atoms with Crippen LogP contribution in [0.1, 0.15) is 23.1 Å².